The van der Waals surface area contributed by atoms with Crippen molar-refractivity contribution in [1.82, 2.24) is 20.1 Å². The number of amides is 2. The lowest BCUT2D eigenvalue weighted by atomic mass is 9.93. The Morgan fingerprint density at radius 1 is 1.15 bits per heavy atom. The predicted octanol–water partition coefficient (Wildman–Crippen LogP) is 5.06. The summed E-state index contributed by atoms with van der Waals surface area (Å²) < 4.78 is 99.5. The van der Waals surface area contributed by atoms with Crippen LogP contribution in [-0.2, 0) is 22.6 Å². The first kappa shape index (κ1) is 33.8. The van der Waals surface area contributed by atoms with Crippen molar-refractivity contribution in [2.24, 2.45) is 5.73 Å². The fourth-order valence-electron chi connectivity index (χ4n) is 4.88. The SMILES string of the molecule is CCOc1c(CC(N)=O)cc([C@@](O)(CNC(=O)c2cc(OC)c3nn(C4(F)CC4)cc3c2)C(F)(F)F)nc1-c1cc(Cl)c(F)cc1F. The van der Waals surface area contributed by atoms with Crippen LogP contribution in [0.15, 0.2) is 36.5 Å². The fraction of sp³-hybridized carbons (Fsp3) is 0.333. The number of hydrogen-bond donors (Lipinski definition) is 3. The summed E-state index contributed by atoms with van der Waals surface area (Å²) in [6.07, 6.45) is -4.46. The van der Waals surface area contributed by atoms with Gasteiger partial charge in [-0.15, -0.1) is 0 Å². The molecule has 4 aromatic rings. The summed E-state index contributed by atoms with van der Waals surface area (Å²) in [6.45, 7) is -0.166. The number of nitrogens with one attached hydrogen (secondary N) is 1. The van der Waals surface area contributed by atoms with Crippen LogP contribution < -0.4 is 20.5 Å². The van der Waals surface area contributed by atoms with Crippen LogP contribution in [0.25, 0.3) is 22.2 Å². The Morgan fingerprint density at radius 2 is 1.85 bits per heavy atom. The van der Waals surface area contributed by atoms with Crippen molar-refractivity contribution in [3.8, 4) is 22.8 Å². The van der Waals surface area contributed by atoms with E-state index in [4.69, 9.17) is 26.8 Å². The maximum absolute atomic E-state index is 15.0. The van der Waals surface area contributed by atoms with Gasteiger partial charge in [0, 0.05) is 47.2 Å². The largest absolute Gasteiger partial charge is 0.494 e. The minimum Gasteiger partial charge on any atom is -0.494 e. The van der Waals surface area contributed by atoms with E-state index in [1.807, 2.05) is 5.32 Å². The molecule has 0 bridgehead atoms. The Balaban J connectivity index is 1.58. The maximum atomic E-state index is 15.0. The molecule has 0 radical (unpaired) electrons. The lowest BCUT2D eigenvalue weighted by molar-refractivity contribution is -0.265. The summed E-state index contributed by atoms with van der Waals surface area (Å²) in [4.78, 5) is 28.9. The van der Waals surface area contributed by atoms with Crippen LogP contribution >= 0.6 is 11.6 Å². The number of nitrogens with zero attached hydrogens (tertiary/aromatic N) is 3. The zero-order valence-corrected chi connectivity index (χ0v) is 25.4. The number of fused-ring (bicyclic) bond motifs is 1. The third kappa shape index (κ3) is 6.39. The summed E-state index contributed by atoms with van der Waals surface area (Å²) in [5.41, 5.74) is -1.38. The van der Waals surface area contributed by atoms with Crippen LogP contribution in [0.3, 0.4) is 0 Å². The zero-order chi connectivity index (χ0) is 34.5. The van der Waals surface area contributed by atoms with Gasteiger partial charge in [0.15, 0.2) is 0 Å². The highest BCUT2D eigenvalue weighted by atomic mass is 35.5. The number of hydrogen-bond acceptors (Lipinski definition) is 7. The number of carbonyl (C=O) groups is 2. The second kappa shape index (κ2) is 12.2. The number of methoxy groups -OCH3 is 1. The van der Waals surface area contributed by atoms with Crippen molar-refractivity contribution in [1.29, 1.82) is 0 Å². The number of primary amides is 1. The standard InChI is InChI=1S/C30H26ClF6N5O5/c1-3-47-26-14(9-23(38)43)8-22(40-25(26)17-10-18(31)20(33)11-19(17)32)29(45,30(35,36)37)13-39-27(44)15-6-16-12-42(28(34)4-5-28)41-24(16)21(7-15)46-2/h6-8,10-12,45H,3-5,9,13H2,1-2H3,(H2,38,43)(H,39,44)/t29-/m0/s1. The van der Waals surface area contributed by atoms with Crippen LogP contribution in [0, 0.1) is 11.6 Å². The monoisotopic (exact) mass is 685 g/mol. The molecule has 2 aromatic carbocycles. The second-order valence-corrected chi connectivity index (χ2v) is 11.2. The number of aromatic nitrogens is 3. The van der Waals surface area contributed by atoms with E-state index in [9.17, 15) is 36.6 Å². The zero-order valence-electron chi connectivity index (χ0n) is 24.6. The molecule has 1 atom stereocenters. The molecule has 1 aliphatic carbocycles. The van der Waals surface area contributed by atoms with Gasteiger partial charge in [0.05, 0.1) is 37.4 Å². The summed E-state index contributed by atoms with van der Waals surface area (Å²) in [6, 6.07) is 4.25. The highest BCUT2D eigenvalue weighted by molar-refractivity contribution is 6.31. The minimum atomic E-state index is -5.52. The molecule has 2 heterocycles. The van der Waals surface area contributed by atoms with E-state index in [0.717, 1.165) is 10.7 Å². The molecule has 4 N–H and O–H groups in total. The Bertz CT molecular complexity index is 1900. The van der Waals surface area contributed by atoms with Gasteiger partial charge in [0.1, 0.15) is 34.3 Å². The first-order valence-electron chi connectivity index (χ1n) is 14.0. The number of ether oxygens (including phenoxy) is 2. The number of aliphatic hydroxyl groups is 1. The molecule has 0 unspecified atom stereocenters. The van der Waals surface area contributed by atoms with Crippen LogP contribution in [-0.4, -0.2) is 58.1 Å². The summed E-state index contributed by atoms with van der Waals surface area (Å²) in [7, 11) is 1.26. The van der Waals surface area contributed by atoms with Crippen LogP contribution in [0.4, 0.5) is 26.3 Å². The maximum Gasteiger partial charge on any atom is 0.424 e. The van der Waals surface area contributed by atoms with Crippen molar-refractivity contribution >= 4 is 34.3 Å². The van der Waals surface area contributed by atoms with Gasteiger partial charge >= 0.3 is 6.18 Å². The first-order valence-corrected chi connectivity index (χ1v) is 14.3. The molecule has 17 heteroatoms. The van der Waals surface area contributed by atoms with Gasteiger partial charge in [-0.2, -0.15) is 18.3 Å². The van der Waals surface area contributed by atoms with Crippen LogP contribution in [0.5, 0.6) is 11.5 Å². The Labute approximate surface area is 267 Å². The predicted molar refractivity (Wildman–Crippen MR) is 156 cm³/mol. The van der Waals surface area contributed by atoms with Crippen molar-refractivity contribution in [3.63, 3.8) is 0 Å². The Kier molecular flexibility index (Phi) is 8.79. The normalized spacial score (nSPS) is 15.3. The third-order valence-electron chi connectivity index (χ3n) is 7.49. The van der Waals surface area contributed by atoms with Crippen LogP contribution in [0.2, 0.25) is 5.02 Å². The molecular formula is C30H26ClF6N5O5. The molecule has 0 spiro atoms. The van der Waals surface area contributed by atoms with E-state index in [0.29, 0.717) is 12.1 Å². The summed E-state index contributed by atoms with van der Waals surface area (Å²) >= 11 is 5.82. The fourth-order valence-corrected chi connectivity index (χ4v) is 5.05. The topological polar surface area (TPSA) is 142 Å². The van der Waals surface area contributed by atoms with Gasteiger partial charge in [-0.25, -0.2) is 22.8 Å². The number of alkyl halides is 4. The van der Waals surface area contributed by atoms with E-state index < -0.39 is 76.0 Å². The molecular weight excluding hydrogens is 660 g/mol. The van der Waals surface area contributed by atoms with Gasteiger partial charge in [0.2, 0.25) is 17.3 Å². The first-order chi connectivity index (χ1) is 22.0. The van der Waals surface area contributed by atoms with Gasteiger partial charge in [-0.05, 0) is 31.2 Å². The van der Waals surface area contributed by atoms with E-state index in [1.54, 1.807) is 0 Å². The lowest BCUT2D eigenvalue weighted by Crippen LogP contribution is -2.51. The van der Waals surface area contributed by atoms with Crippen molar-refractivity contribution in [2.45, 2.75) is 43.8 Å². The quantitative estimate of drug-likeness (QED) is 0.148. The molecule has 5 rings (SSSR count). The second-order valence-electron chi connectivity index (χ2n) is 10.8. The Hall–Kier alpha value is -4.57. The van der Waals surface area contributed by atoms with Gasteiger partial charge in [-0.1, -0.05) is 11.6 Å². The highest BCUT2D eigenvalue weighted by Crippen LogP contribution is 2.46. The highest BCUT2D eigenvalue weighted by Gasteiger charge is 2.57. The molecule has 0 aliphatic heterocycles. The third-order valence-corrected chi connectivity index (χ3v) is 7.78. The number of pyridine rings is 1. The minimum absolute atomic E-state index is 0.0376. The van der Waals surface area contributed by atoms with Crippen LogP contribution in [0.1, 0.15) is 41.4 Å². The average molecular weight is 686 g/mol. The molecule has 2 amide bonds. The van der Waals surface area contributed by atoms with Crippen molar-refractivity contribution in [3.05, 3.63) is 70.0 Å². The number of benzene rings is 2. The molecule has 47 heavy (non-hydrogen) atoms. The van der Waals surface area contributed by atoms with E-state index >= 15 is 4.39 Å². The summed E-state index contributed by atoms with van der Waals surface area (Å²) in [5, 5.41) is 17.0. The van der Waals surface area contributed by atoms with Crippen molar-refractivity contribution < 1.29 is 50.5 Å². The molecule has 10 nitrogen and oxygen atoms in total. The molecule has 1 aliphatic rings. The molecule has 0 saturated heterocycles. The molecule has 1 fully saturated rings. The average Bonchev–Trinajstić information content (AvgIpc) is 3.59. The number of halogens is 7. The number of nitrogens with two attached hydrogens (primary N) is 1. The molecule has 1 saturated carbocycles. The Morgan fingerprint density at radius 3 is 2.45 bits per heavy atom. The summed E-state index contributed by atoms with van der Waals surface area (Å²) in [5.74, 6) is -6.60. The van der Waals surface area contributed by atoms with Gasteiger partial charge < -0.3 is 25.6 Å². The smallest absolute Gasteiger partial charge is 0.424 e. The number of rotatable bonds is 11. The van der Waals surface area contributed by atoms with E-state index in [1.165, 1.54) is 32.4 Å². The van der Waals surface area contributed by atoms with Gasteiger partial charge in [0.25, 0.3) is 5.91 Å². The molecule has 250 valence electrons. The van der Waals surface area contributed by atoms with Crippen molar-refractivity contribution in [2.75, 3.05) is 20.3 Å². The van der Waals surface area contributed by atoms with E-state index in [-0.39, 0.29) is 53.0 Å². The van der Waals surface area contributed by atoms with E-state index in [2.05, 4.69) is 10.1 Å². The molecule has 2 aromatic heterocycles. The lowest BCUT2D eigenvalue weighted by Gasteiger charge is -2.31. The number of carbonyl (C=O) groups excluding carboxylic acids is 2. The van der Waals surface area contributed by atoms with Gasteiger partial charge in [-0.3, -0.25) is 9.59 Å².